The first-order valence-corrected chi connectivity index (χ1v) is 9.49. The lowest BCUT2D eigenvalue weighted by molar-refractivity contribution is 0.405. The molecule has 2 N–H and O–H groups in total. The monoisotopic (exact) mass is 437 g/mol. The van der Waals surface area contributed by atoms with Crippen LogP contribution in [-0.2, 0) is 0 Å². The van der Waals surface area contributed by atoms with Crippen molar-refractivity contribution in [2.24, 2.45) is 0 Å². The fourth-order valence-electron chi connectivity index (χ4n) is 2.49. The van der Waals surface area contributed by atoms with Crippen molar-refractivity contribution in [1.29, 1.82) is 0 Å². The van der Waals surface area contributed by atoms with Crippen LogP contribution in [0.3, 0.4) is 0 Å². The van der Waals surface area contributed by atoms with Gasteiger partial charge in [0.25, 0.3) is 0 Å². The van der Waals surface area contributed by atoms with Crippen LogP contribution < -0.4 is 10.6 Å². The normalized spacial score (nSPS) is 14.0. The standard InChI is InChI=1S/C18H24IN5/c1-24(2)11-5-10-20-18-22-16(13-8-9-13)12-17(23-18)21-15-7-4-3-6-14(15)19/h3-4,6-7,12-13H,5,8-11H2,1-2H3,(H2,20,21,22,23). The smallest absolute Gasteiger partial charge is 0.224 e. The maximum atomic E-state index is 4.70. The van der Waals surface area contributed by atoms with Gasteiger partial charge in [0.2, 0.25) is 5.95 Å². The van der Waals surface area contributed by atoms with E-state index < -0.39 is 0 Å². The molecule has 1 saturated carbocycles. The molecule has 1 aliphatic rings. The number of hydrogen-bond donors (Lipinski definition) is 2. The quantitative estimate of drug-likeness (QED) is 0.482. The zero-order chi connectivity index (χ0) is 16.9. The van der Waals surface area contributed by atoms with Gasteiger partial charge >= 0.3 is 0 Å². The van der Waals surface area contributed by atoms with E-state index in [-0.39, 0.29) is 0 Å². The summed E-state index contributed by atoms with van der Waals surface area (Å²) >= 11 is 2.34. The average molecular weight is 437 g/mol. The van der Waals surface area contributed by atoms with Gasteiger partial charge in [-0.05, 0) is 74.6 Å². The molecule has 5 nitrogen and oxygen atoms in total. The van der Waals surface area contributed by atoms with Gasteiger partial charge in [-0.1, -0.05) is 12.1 Å². The Bertz CT molecular complexity index is 685. The minimum absolute atomic E-state index is 0.603. The van der Waals surface area contributed by atoms with E-state index >= 15 is 0 Å². The van der Waals surface area contributed by atoms with E-state index in [0.717, 1.165) is 42.7 Å². The summed E-state index contributed by atoms with van der Waals surface area (Å²) in [7, 11) is 4.18. The SMILES string of the molecule is CN(C)CCCNc1nc(Nc2ccccc2I)cc(C2CC2)n1. The molecule has 0 spiro atoms. The maximum Gasteiger partial charge on any atom is 0.224 e. The molecule has 24 heavy (non-hydrogen) atoms. The molecule has 1 fully saturated rings. The molecule has 128 valence electrons. The van der Waals surface area contributed by atoms with Crippen LogP contribution in [-0.4, -0.2) is 42.1 Å². The highest BCUT2D eigenvalue weighted by Crippen LogP contribution is 2.40. The van der Waals surface area contributed by atoms with Crippen LogP contribution >= 0.6 is 22.6 Å². The summed E-state index contributed by atoms with van der Waals surface area (Å²) in [5, 5.41) is 6.81. The van der Waals surface area contributed by atoms with E-state index in [1.807, 2.05) is 12.1 Å². The van der Waals surface area contributed by atoms with Gasteiger partial charge in [0.1, 0.15) is 5.82 Å². The number of rotatable bonds is 8. The molecule has 0 saturated heterocycles. The molecule has 2 aromatic rings. The van der Waals surface area contributed by atoms with Crippen molar-refractivity contribution in [3.8, 4) is 0 Å². The topological polar surface area (TPSA) is 53.1 Å². The molecule has 0 radical (unpaired) electrons. The van der Waals surface area contributed by atoms with Crippen molar-refractivity contribution in [2.75, 3.05) is 37.8 Å². The number of benzene rings is 1. The van der Waals surface area contributed by atoms with Crippen LogP contribution in [0.4, 0.5) is 17.5 Å². The Kier molecular flexibility index (Phi) is 5.89. The Balaban J connectivity index is 1.72. The summed E-state index contributed by atoms with van der Waals surface area (Å²) in [5.74, 6) is 2.20. The molecule has 0 atom stereocenters. The molecular formula is C18H24IN5. The van der Waals surface area contributed by atoms with E-state index in [1.54, 1.807) is 0 Å². The Labute approximate surface area is 157 Å². The lowest BCUT2D eigenvalue weighted by Gasteiger charge is -2.13. The lowest BCUT2D eigenvalue weighted by atomic mass is 10.2. The molecule has 0 unspecified atom stereocenters. The van der Waals surface area contributed by atoms with Crippen LogP contribution in [0.2, 0.25) is 0 Å². The Morgan fingerprint density at radius 3 is 2.71 bits per heavy atom. The van der Waals surface area contributed by atoms with E-state index in [2.05, 4.69) is 75.4 Å². The maximum absolute atomic E-state index is 4.70. The third kappa shape index (κ3) is 5.04. The second kappa shape index (κ2) is 8.11. The molecule has 3 rings (SSSR count). The minimum Gasteiger partial charge on any atom is -0.354 e. The largest absolute Gasteiger partial charge is 0.354 e. The number of para-hydroxylation sites is 1. The third-order valence-electron chi connectivity index (χ3n) is 3.94. The van der Waals surface area contributed by atoms with E-state index in [1.165, 1.54) is 16.4 Å². The molecule has 1 heterocycles. The Morgan fingerprint density at radius 1 is 1.21 bits per heavy atom. The molecule has 1 aromatic carbocycles. The van der Waals surface area contributed by atoms with Crippen LogP contribution in [0, 0.1) is 3.57 Å². The highest BCUT2D eigenvalue weighted by molar-refractivity contribution is 14.1. The average Bonchev–Trinajstić information content (AvgIpc) is 3.38. The Morgan fingerprint density at radius 2 is 2.00 bits per heavy atom. The van der Waals surface area contributed by atoms with Crippen molar-refractivity contribution < 1.29 is 0 Å². The zero-order valence-electron chi connectivity index (χ0n) is 14.2. The first kappa shape index (κ1) is 17.4. The fourth-order valence-corrected chi connectivity index (χ4v) is 3.02. The molecule has 1 aromatic heterocycles. The van der Waals surface area contributed by atoms with Gasteiger partial charge in [-0.3, -0.25) is 0 Å². The summed E-state index contributed by atoms with van der Waals surface area (Å²) < 4.78 is 1.18. The number of anilines is 3. The highest BCUT2D eigenvalue weighted by atomic mass is 127. The lowest BCUT2D eigenvalue weighted by Crippen LogP contribution is -2.17. The minimum atomic E-state index is 0.603. The summed E-state index contributed by atoms with van der Waals surface area (Å²) in [6.07, 6.45) is 3.54. The zero-order valence-corrected chi connectivity index (χ0v) is 16.4. The molecule has 0 amide bonds. The molecule has 6 heteroatoms. The summed E-state index contributed by atoms with van der Waals surface area (Å²) in [4.78, 5) is 11.5. The molecule has 0 aliphatic heterocycles. The number of halogens is 1. The number of nitrogens with one attached hydrogen (secondary N) is 2. The van der Waals surface area contributed by atoms with Gasteiger partial charge in [0, 0.05) is 22.1 Å². The predicted octanol–water partition coefficient (Wildman–Crippen LogP) is 4.07. The second-order valence-corrected chi connectivity index (χ2v) is 7.63. The first-order valence-electron chi connectivity index (χ1n) is 8.41. The summed E-state index contributed by atoms with van der Waals surface area (Å²) in [6.45, 7) is 1.94. The second-order valence-electron chi connectivity index (χ2n) is 6.46. The van der Waals surface area contributed by atoms with E-state index in [9.17, 15) is 0 Å². The van der Waals surface area contributed by atoms with Gasteiger partial charge in [-0.2, -0.15) is 4.98 Å². The number of aromatic nitrogens is 2. The van der Waals surface area contributed by atoms with Crippen molar-refractivity contribution in [3.63, 3.8) is 0 Å². The Hall–Kier alpha value is -1.41. The van der Waals surface area contributed by atoms with Crippen molar-refractivity contribution in [3.05, 3.63) is 39.6 Å². The van der Waals surface area contributed by atoms with Crippen molar-refractivity contribution in [1.82, 2.24) is 14.9 Å². The predicted molar refractivity (Wildman–Crippen MR) is 108 cm³/mol. The number of nitrogens with zero attached hydrogens (tertiary/aromatic N) is 3. The van der Waals surface area contributed by atoms with Gasteiger partial charge in [-0.25, -0.2) is 4.98 Å². The van der Waals surface area contributed by atoms with E-state index in [4.69, 9.17) is 4.98 Å². The summed E-state index contributed by atoms with van der Waals surface area (Å²) in [6, 6.07) is 10.3. The van der Waals surface area contributed by atoms with Gasteiger partial charge < -0.3 is 15.5 Å². The molecule has 0 bridgehead atoms. The highest BCUT2D eigenvalue weighted by Gasteiger charge is 2.26. The van der Waals surface area contributed by atoms with Gasteiger partial charge in [0.05, 0.1) is 11.4 Å². The van der Waals surface area contributed by atoms with Crippen LogP contribution in [0.15, 0.2) is 30.3 Å². The van der Waals surface area contributed by atoms with Crippen LogP contribution in [0.5, 0.6) is 0 Å². The van der Waals surface area contributed by atoms with Gasteiger partial charge in [-0.15, -0.1) is 0 Å². The third-order valence-corrected chi connectivity index (χ3v) is 4.88. The molecule has 1 aliphatic carbocycles. The molecular weight excluding hydrogens is 413 g/mol. The first-order chi connectivity index (χ1) is 11.6. The van der Waals surface area contributed by atoms with Crippen molar-refractivity contribution in [2.45, 2.75) is 25.2 Å². The number of hydrogen-bond acceptors (Lipinski definition) is 5. The van der Waals surface area contributed by atoms with Crippen LogP contribution in [0.25, 0.3) is 0 Å². The van der Waals surface area contributed by atoms with Crippen LogP contribution in [0.1, 0.15) is 30.9 Å². The van der Waals surface area contributed by atoms with Gasteiger partial charge in [0.15, 0.2) is 0 Å². The fraction of sp³-hybridized carbons (Fsp3) is 0.444. The van der Waals surface area contributed by atoms with Crippen molar-refractivity contribution >= 4 is 40.0 Å². The summed E-state index contributed by atoms with van der Waals surface area (Å²) in [5.41, 5.74) is 2.23. The van der Waals surface area contributed by atoms with E-state index in [0.29, 0.717) is 5.92 Å².